The highest BCUT2D eigenvalue weighted by Gasteiger charge is 2.28. The summed E-state index contributed by atoms with van der Waals surface area (Å²) in [7, 11) is 0. The van der Waals surface area contributed by atoms with Crippen molar-refractivity contribution >= 4 is 17.5 Å². The van der Waals surface area contributed by atoms with Gasteiger partial charge in [-0.3, -0.25) is 4.79 Å². The van der Waals surface area contributed by atoms with Gasteiger partial charge in [0.1, 0.15) is 5.82 Å². The smallest absolute Gasteiger partial charge is 0.257 e. The molecule has 2 rings (SSSR count). The van der Waals surface area contributed by atoms with E-state index in [0.717, 1.165) is 25.7 Å². The van der Waals surface area contributed by atoms with Gasteiger partial charge >= 0.3 is 0 Å². The summed E-state index contributed by atoms with van der Waals surface area (Å²) in [6, 6.07) is 4.19. The van der Waals surface area contributed by atoms with Crippen molar-refractivity contribution in [2.45, 2.75) is 31.7 Å². The third-order valence-electron chi connectivity index (χ3n) is 3.55. The van der Waals surface area contributed by atoms with Crippen LogP contribution in [0.15, 0.2) is 18.2 Å². The minimum atomic E-state index is -0.522. The van der Waals surface area contributed by atoms with Crippen LogP contribution in [-0.2, 0) is 0 Å². The third kappa shape index (κ3) is 3.25. The first-order valence-electron chi connectivity index (χ1n) is 6.59. The summed E-state index contributed by atoms with van der Waals surface area (Å²) >= 11 is 5.84. The van der Waals surface area contributed by atoms with Crippen LogP contribution in [-0.4, -0.2) is 29.9 Å². The Hall–Kier alpha value is -1.13. The van der Waals surface area contributed by atoms with Gasteiger partial charge in [-0.2, -0.15) is 0 Å². The maximum Gasteiger partial charge on any atom is 0.257 e. The molecule has 1 unspecified atom stereocenters. The Labute approximate surface area is 117 Å². The predicted molar refractivity (Wildman–Crippen MR) is 73.8 cm³/mol. The van der Waals surface area contributed by atoms with Crippen molar-refractivity contribution < 1.29 is 9.18 Å². The van der Waals surface area contributed by atoms with Gasteiger partial charge < -0.3 is 10.6 Å². The van der Waals surface area contributed by atoms with E-state index in [1.54, 1.807) is 4.90 Å². The average Bonchev–Trinajstić information content (AvgIpc) is 2.42. The van der Waals surface area contributed by atoms with E-state index in [2.05, 4.69) is 0 Å². The molecule has 0 aliphatic carbocycles. The van der Waals surface area contributed by atoms with Crippen molar-refractivity contribution in [2.24, 2.45) is 5.73 Å². The Morgan fingerprint density at radius 3 is 3.00 bits per heavy atom. The van der Waals surface area contributed by atoms with Crippen LogP contribution in [0.25, 0.3) is 0 Å². The van der Waals surface area contributed by atoms with Gasteiger partial charge in [0.25, 0.3) is 5.91 Å². The molecule has 1 aliphatic rings. The molecule has 1 heterocycles. The van der Waals surface area contributed by atoms with Gasteiger partial charge in [-0.1, -0.05) is 11.6 Å². The molecule has 1 aromatic carbocycles. The standard InChI is InChI=1S/C14H18ClFN2O/c15-10-4-5-13(16)12(9-10)14(19)18-8-2-1-3-11(18)6-7-17/h4-5,9,11H,1-3,6-8,17H2. The Morgan fingerprint density at radius 2 is 2.26 bits per heavy atom. The highest BCUT2D eigenvalue weighted by atomic mass is 35.5. The van der Waals surface area contributed by atoms with Crippen molar-refractivity contribution in [2.75, 3.05) is 13.1 Å². The second kappa shape index (κ2) is 6.35. The molecule has 2 N–H and O–H groups in total. The fraction of sp³-hybridized carbons (Fsp3) is 0.500. The molecule has 1 aliphatic heterocycles. The van der Waals surface area contributed by atoms with E-state index in [1.165, 1.54) is 18.2 Å². The van der Waals surface area contributed by atoms with E-state index in [1.807, 2.05) is 0 Å². The van der Waals surface area contributed by atoms with Crippen molar-refractivity contribution in [3.05, 3.63) is 34.6 Å². The molecule has 3 nitrogen and oxygen atoms in total. The Kier molecular flexibility index (Phi) is 4.77. The van der Waals surface area contributed by atoms with Crippen LogP contribution in [0.2, 0.25) is 5.02 Å². The Bertz CT molecular complexity index is 465. The van der Waals surface area contributed by atoms with Gasteiger partial charge in [0, 0.05) is 17.6 Å². The fourth-order valence-corrected chi connectivity index (χ4v) is 2.75. The number of hydrogen-bond acceptors (Lipinski definition) is 2. The van der Waals surface area contributed by atoms with Crippen LogP contribution in [0.4, 0.5) is 4.39 Å². The lowest BCUT2D eigenvalue weighted by atomic mass is 9.98. The molecule has 1 amide bonds. The topological polar surface area (TPSA) is 46.3 Å². The predicted octanol–water partition coefficient (Wildman–Crippen LogP) is 2.82. The molecule has 0 radical (unpaired) electrons. The fourth-order valence-electron chi connectivity index (χ4n) is 2.58. The van der Waals surface area contributed by atoms with Crippen molar-refractivity contribution in [1.29, 1.82) is 0 Å². The summed E-state index contributed by atoms with van der Waals surface area (Å²) < 4.78 is 13.8. The summed E-state index contributed by atoms with van der Waals surface area (Å²) in [6.07, 6.45) is 3.74. The quantitative estimate of drug-likeness (QED) is 0.928. The molecule has 19 heavy (non-hydrogen) atoms. The molecule has 104 valence electrons. The zero-order chi connectivity index (χ0) is 13.8. The minimum absolute atomic E-state index is 0.0522. The van der Waals surface area contributed by atoms with Gasteiger partial charge in [-0.05, 0) is 50.4 Å². The number of benzene rings is 1. The Balaban J connectivity index is 2.23. The number of carbonyl (C=O) groups is 1. The van der Waals surface area contributed by atoms with E-state index in [9.17, 15) is 9.18 Å². The summed E-state index contributed by atoms with van der Waals surface area (Å²) in [5.41, 5.74) is 5.63. The molecular weight excluding hydrogens is 267 g/mol. The van der Waals surface area contributed by atoms with Gasteiger partial charge in [0.2, 0.25) is 0 Å². The number of amides is 1. The number of piperidine rings is 1. The van der Waals surface area contributed by atoms with Crippen LogP contribution in [0.5, 0.6) is 0 Å². The number of rotatable bonds is 3. The zero-order valence-electron chi connectivity index (χ0n) is 10.7. The maximum absolute atomic E-state index is 13.8. The van der Waals surface area contributed by atoms with Gasteiger partial charge in [0.15, 0.2) is 0 Å². The molecule has 1 saturated heterocycles. The molecule has 0 aromatic heterocycles. The summed E-state index contributed by atoms with van der Waals surface area (Å²) in [4.78, 5) is 14.2. The van der Waals surface area contributed by atoms with E-state index in [0.29, 0.717) is 18.1 Å². The summed E-state index contributed by atoms with van der Waals surface area (Å²) in [5.74, 6) is -0.801. The van der Waals surface area contributed by atoms with Crippen molar-refractivity contribution in [3.8, 4) is 0 Å². The van der Waals surface area contributed by atoms with Crippen LogP contribution >= 0.6 is 11.6 Å². The van der Waals surface area contributed by atoms with Gasteiger partial charge in [0.05, 0.1) is 5.56 Å². The van der Waals surface area contributed by atoms with E-state index >= 15 is 0 Å². The molecule has 1 aromatic rings. The van der Waals surface area contributed by atoms with E-state index in [4.69, 9.17) is 17.3 Å². The first kappa shape index (κ1) is 14.3. The highest BCUT2D eigenvalue weighted by molar-refractivity contribution is 6.31. The lowest BCUT2D eigenvalue weighted by Gasteiger charge is -2.35. The first-order chi connectivity index (χ1) is 9.13. The van der Waals surface area contributed by atoms with E-state index < -0.39 is 5.82 Å². The molecular formula is C14H18ClFN2O. The monoisotopic (exact) mass is 284 g/mol. The zero-order valence-corrected chi connectivity index (χ0v) is 11.5. The normalized spacial score (nSPS) is 19.5. The number of hydrogen-bond donors (Lipinski definition) is 1. The Morgan fingerprint density at radius 1 is 1.47 bits per heavy atom. The SMILES string of the molecule is NCCC1CCCCN1C(=O)c1cc(Cl)ccc1F. The molecule has 1 fully saturated rings. The highest BCUT2D eigenvalue weighted by Crippen LogP contribution is 2.24. The van der Waals surface area contributed by atoms with Crippen molar-refractivity contribution in [3.63, 3.8) is 0 Å². The van der Waals surface area contributed by atoms with Gasteiger partial charge in [-0.15, -0.1) is 0 Å². The maximum atomic E-state index is 13.8. The van der Waals surface area contributed by atoms with Crippen LogP contribution < -0.4 is 5.73 Å². The summed E-state index contributed by atoms with van der Waals surface area (Å²) in [6.45, 7) is 1.20. The number of nitrogens with zero attached hydrogens (tertiary/aromatic N) is 1. The number of nitrogens with two attached hydrogens (primary N) is 1. The lowest BCUT2D eigenvalue weighted by Crippen LogP contribution is -2.44. The molecule has 0 bridgehead atoms. The van der Waals surface area contributed by atoms with E-state index in [-0.39, 0.29) is 17.5 Å². The number of halogens is 2. The largest absolute Gasteiger partial charge is 0.336 e. The molecule has 0 spiro atoms. The number of likely N-dealkylation sites (tertiary alicyclic amines) is 1. The lowest BCUT2D eigenvalue weighted by molar-refractivity contribution is 0.0600. The molecule has 1 atom stereocenters. The second-order valence-electron chi connectivity index (χ2n) is 4.85. The van der Waals surface area contributed by atoms with Crippen LogP contribution in [0, 0.1) is 5.82 Å². The second-order valence-corrected chi connectivity index (χ2v) is 5.29. The number of carbonyl (C=O) groups excluding carboxylic acids is 1. The van der Waals surface area contributed by atoms with Crippen LogP contribution in [0.1, 0.15) is 36.0 Å². The van der Waals surface area contributed by atoms with Gasteiger partial charge in [-0.25, -0.2) is 4.39 Å². The third-order valence-corrected chi connectivity index (χ3v) is 3.78. The van der Waals surface area contributed by atoms with Crippen molar-refractivity contribution in [1.82, 2.24) is 4.90 Å². The average molecular weight is 285 g/mol. The summed E-state index contributed by atoms with van der Waals surface area (Å²) in [5, 5.41) is 0.372. The van der Waals surface area contributed by atoms with Crippen LogP contribution in [0.3, 0.4) is 0 Å². The minimum Gasteiger partial charge on any atom is -0.336 e. The molecule has 5 heteroatoms. The first-order valence-corrected chi connectivity index (χ1v) is 6.97. The molecule has 0 saturated carbocycles.